The van der Waals surface area contributed by atoms with E-state index in [0.717, 1.165) is 58.3 Å². The second-order valence-corrected chi connectivity index (χ2v) is 10.0. The minimum atomic E-state index is -0.325. The summed E-state index contributed by atoms with van der Waals surface area (Å²) in [6.07, 6.45) is 0.937. The van der Waals surface area contributed by atoms with E-state index in [4.69, 9.17) is 9.47 Å². The van der Waals surface area contributed by atoms with Gasteiger partial charge in [0.15, 0.2) is 0 Å². The Kier molecular flexibility index (Phi) is 6.71. The molecule has 0 aliphatic carbocycles. The summed E-state index contributed by atoms with van der Waals surface area (Å²) in [6.45, 7) is 9.55. The third-order valence-corrected chi connectivity index (χ3v) is 7.36. The summed E-state index contributed by atoms with van der Waals surface area (Å²) in [6, 6.07) is 23.5. The van der Waals surface area contributed by atoms with E-state index in [1.54, 1.807) is 12.1 Å². The van der Waals surface area contributed by atoms with Crippen molar-refractivity contribution >= 4 is 11.1 Å². The van der Waals surface area contributed by atoms with E-state index < -0.39 is 0 Å². The van der Waals surface area contributed by atoms with Gasteiger partial charge in [-0.15, -0.1) is 0 Å². The van der Waals surface area contributed by atoms with E-state index in [0.29, 0.717) is 18.2 Å². The lowest BCUT2D eigenvalue weighted by molar-refractivity contribution is 0.169. The first-order valence-electron chi connectivity index (χ1n) is 12.6. The van der Waals surface area contributed by atoms with E-state index in [1.807, 2.05) is 42.5 Å². The molecule has 184 valence electrons. The van der Waals surface area contributed by atoms with Crippen LogP contribution in [0.1, 0.15) is 55.5 Å². The van der Waals surface area contributed by atoms with Gasteiger partial charge in [0, 0.05) is 23.7 Å². The van der Waals surface area contributed by atoms with Gasteiger partial charge in [0.05, 0.1) is 11.6 Å². The predicted molar refractivity (Wildman–Crippen MR) is 142 cm³/mol. The van der Waals surface area contributed by atoms with Gasteiger partial charge in [0.1, 0.15) is 30.0 Å². The van der Waals surface area contributed by atoms with Gasteiger partial charge in [-0.3, -0.25) is 4.90 Å². The van der Waals surface area contributed by atoms with E-state index >= 15 is 0 Å². The van der Waals surface area contributed by atoms with Crippen LogP contribution in [0, 0.1) is 17.2 Å². The van der Waals surface area contributed by atoms with Crippen LogP contribution in [0.25, 0.3) is 11.1 Å². The molecule has 0 aromatic heterocycles. The Balaban J connectivity index is 1.41. The van der Waals surface area contributed by atoms with Gasteiger partial charge in [-0.05, 0) is 91.9 Å². The van der Waals surface area contributed by atoms with E-state index in [9.17, 15) is 10.4 Å². The average molecular weight is 481 g/mol. The number of likely N-dealkylation sites (tertiary alicyclic amines) is 1. The fourth-order valence-corrected chi connectivity index (χ4v) is 5.20. The predicted octanol–water partition coefficient (Wildman–Crippen LogP) is 6.44. The van der Waals surface area contributed by atoms with Crippen molar-refractivity contribution in [3.05, 3.63) is 89.0 Å². The molecule has 5 nitrogen and oxygen atoms in total. The first-order chi connectivity index (χ1) is 17.4. The van der Waals surface area contributed by atoms with Crippen LogP contribution in [0.15, 0.2) is 66.7 Å². The van der Waals surface area contributed by atoms with Crippen molar-refractivity contribution in [1.82, 2.24) is 4.90 Å². The smallest absolute Gasteiger partial charge is 0.150 e. The first-order valence-corrected chi connectivity index (χ1v) is 12.6. The normalized spacial score (nSPS) is 20.4. The number of nitrogens with zero attached hydrogens (tertiary/aromatic N) is 2. The molecule has 5 rings (SSSR count). The van der Waals surface area contributed by atoms with Crippen LogP contribution in [0.3, 0.4) is 0 Å². The Morgan fingerprint density at radius 3 is 2.53 bits per heavy atom. The number of phenolic OH excluding ortho intramolecular Hbond substituents is 1. The topological polar surface area (TPSA) is 65.7 Å². The van der Waals surface area contributed by atoms with Crippen LogP contribution in [-0.2, 0) is 0 Å². The zero-order valence-electron chi connectivity index (χ0n) is 21.1. The molecular formula is C31H32N2O3. The zero-order chi connectivity index (χ0) is 25.2. The SMILES string of the molecule is CC1=C(c2ccc(C#N)cc2)C(c2ccc(OCC(C)N3CCC(C)C3)cc2)Oc2ccc(O)cc21. The highest BCUT2D eigenvalue weighted by Gasteiger charge is 2.30. The van der Waals surface area contributed by atoms with Crippen molar-refractivity contribution in [3.8, 4) is 23.3 Å². The van der Waals surface area contributed by atoms with Gasteiger partial charge < -0.3 is 14.6 Å². The second kappa shape index (κ2) is 10.1. The number of hydrogen-bond donors (Lipinski definition) is 1. The number of allylic oxidation sites excluding steroid dienone is 1. The first kappa shape index (κ1) is 24.0. The Hall–Kier alpha value is -3.75. The number of hydrogen-bond acceptors (Lipinski definition) is 5. The van der Waals surface area contributed by atoms with Gasteiger partial charge in [0.25, 0.3) is 0 Å². The molecule has 1 fully saturated rings. The van der Waals surface area contributed by atoms with Crippen LogP contribution in [0.4, 0.5) is 0 Å². The van der Waals surface area contributed by atoms with Crippen molar-refractivity contribution in [2.45, 2.75) is 39.3 Å². The number of rotatable bonds is 6. The standard InChI is InChI=1S/C31H32N2O3/c1-20-14-15-33(18-20)21(2)19-35-27-11-8-25(9-12-27)31-30(24-6-4-23(17-32)5-7-24)22(3)28-16-26(34)10-13-29(28)36-31/h4-13,16,20-21,31,34H,14-15,18-19H2,1-3H3. The average Bonchev–Trinajstić information content (AvgIpc) is 3.34. The Bertz CT molecular complexity index is 1310. The highest BCUT2D eigenvalue weighted by Crippen LogP contribution is 2.47. The largest absolute Gasteiger partial charge is 0.508 e. The minimum absolute atomic E-state index is 0.202. The fraction of sp³-hybridized carbons (Fsp3) is 0.323. The fourth-order valence-electron chi connectivity index (χ4n) is 5.20. The summed E-state index contributed by atoms with van der Waals surface area (Å²) in [5.41, 5.74) is 5.54. The highest BCUT2D eigenvalue weighted by atomic mass is 16.5. The molecule has 2 heterocycles. The van der Waals surface area contributed by atoms with Gasteiger partial charge in [-0.2, -0.15) is 5.26 Å². The Morgan fingerprint density at radius 1 is 1.11 bits per heavy atom. The lowest BCUT2D eigenvalue weighted by Crippen LogP contribution is -2.35. The van der Waals surface area contributed by atoms with Crippen molar-refractivity contribution in [2.75, 3.05) is 19.7 Å². The van der Waals surface area contributed by atoms with E-state index in [2.05, 4.69) is 43.9 Å². The number of nitriles is 1. The molecule has 2 aliphatic heterocycles. The quantitative estimate of drug-likeness (QED) is 0.440. The third kappa shape index (κ3) is 4.82. The molecule has 0 spiro atoms. The number of phenols is 1. The molecule has 5 heteroatoms. The van der Waals surface area contributed by atoms with Gasteiger partial charge in [-0.1, -0.05) is 31.2 Å². The van der Waals surface area contributed by atoms with E-state index in [1.165, 1.54) is 6.42 Å². The van der Waals surface area contributed by atoms with Gasteiger partial charge in [-0.25, -0.2) is 0 Å². The number of aromatic hydroxyl groups is 1. The summed E-state index contributed by atoms with van der Waals surface area (Å²) >= 11 is 0. The molecule has 1 N–H and O–H groups in total. The molecule has 1 saturated heterocycles. The van der Waals surface area contributed by atoms with Gasteiger partial charge in [0.2, 0.25) is 0 Å². The molecule has 0 radical (unpaired) electrons. The molecule has 36 heavy (non-hydrogen) atoms. The van der Waals surface area contributed by atoms with Gasteiger partial charge >= 0.3 is 0 Å². The van der Waals surface area contributed by atoms with Crippen molar-refractivity contribution in [2.24, 2.45) is 5.92 Å². The highest BCUT2D eigenvalue weighted by molar-refractivity contribution is 5.95. The minimum Gasteiger partial charge on any atom is -0.508 e. The summed E-state index contributed by atoms with van der Waals surface area (Å²) in [4.78, 5) is 2.50. The molecule has 3 atom stereocenters. The number of benzene rings is 3. The van der Waals surface area contributed by atoms with Crippen LogP contribution < -0.4 is 9.47 Å². The monoisotopic (exact) mass is 480 g/mol. The second-order valence-electron chi connectivity index (χ2n) is 10.0. The summed E-state index contributed by atoms with van der Waals surface area (Å²) in [5, 5.41) is 19.3. The van der Waals surface area contributed by atoms with Crippen LogP contribution >= 0.6 is 0 Å². The van der Waals surface area contributed by atoms with Crippen LogP contribution in [0.2, 0.25) is 0 Å². The maximum absolute atomic E-state index is 10.1. The Labute approximate surface area is 213 Å². The molecule has 3 unspecified atom stereocenters. The molecule has 0 bridgehead atoms. The van der Waals surface area contributed by atoms with Crippen molar-refractivity contribution < 1.29 is 14.6 Å². The number of ether oxygens (including phenoxy) is 2. The molecule has 0 amide bonds. The molecule has 2 aliphatic rings. The van der Waals surface area contributed by atoms with Crippen molar-refractivity contribution in [3.63, 3.8) is 0 Å². The van der Waals surface area contributed by atoms with Crippen molar-refractivity contribution in [1.29, 1.82) is 5.26 Å². The Morgan fingerprint density at radius 2 is 1.86 bits per heavy atom. The summed E-state index contributed by atoms with van der Waals surface area (Å²) in [5.74, 6) is 2.55. The maximum atomic E-state index is 10.1. The molecule has 0 saturated carbocycles. The number of fused-ring (bicyclic) bond motifs is 1. The summed E-state index contributed by atoms with van der Waals surface area (Å²) in [7, 11) is 0. The molecule has 3 aromatic carbocycles. The maximum Gasteiger partial charge on any atom is 0.150 e. The van der Waals surface area contributed by atoms with Crippen LogP contribution in [-0.4, -0.2) is 35.7 Å². The zero-order valence-corrected chi connectivity index (χ0v) is 21.1. The molecule has 3 aromatic rings. The lowest BCUT2D eigenvalue weighted by atomic mass is 9.86. The van der Waals surface area contributed by atoms with Crippen LogP contribution in [0.5, 0.6) is 17.2 Å². The lowest BCUT2D eigenvalue weighted by Gasteiger charge is -2.31. The third-order valence-electron chi connectivity index (χ3n) is 7.36. The summed E-state index contributed by atoms with van der Waals surface area (Å²) < 4.78 is 12.6. The van der Waals surface area contributed by atoms with E-state index in [-0.39, 0.29) is 11.9 Å². The molecular weight excluding hydrogens is 448 g/mol.